The summed E-state index contributed by atoms with van der Waals surface area (Å²) in [6, 6.07) is 14.2. The van der Waals surface area contributed by atoms with Gasteiger partial charge >= 0.3 is 0 Å². The highest BCUT2D eigenvalue weighted by Gasteiger charge is 2.40. The summed E-state index contributed by atoms with van der Waals surface area (Å²) in [7, 11) is 0. The summed E-state index contributed by atoms with van der Waals surface area (Å²) in [6.07, 6.45) is 1.45. The molecule has 0 fully saturated rings. The Bertz CT molecular complexity index is 1310. The smallest absolute Gasteiger partial charge is 0.267 e. The molecule has 5 rings (SSSR count). The number of hydrogen-bond donors (Lipinski definition) is 0. The Kier molecular flexibility index (Phi) is 4.04. The van der Waals surface area contributed by atoms with E-state index in [4.69, 9.17) is 11.6 Å². The summed E-state index contributed by atoms with van der Waals surface area (Å²) in [5.74, 6) is -0.765. The van der Waals surface area contributed by atoms with Gasteiger partial charge in [0.1, 0.15) is 0 Å². The maximum atomic E-state index is 13.3. The third kappa shape index (κ3) is 2.69. The van der Waals surface area contributed by atoms with E-state index in [0.29, 0.717) is 33.0 Å². The fourth-order valence-corrected chi connectivity index (χ4v) is 3.94. The van der Waals surface area contributed by atoms with Crippen molar-refractivity contribution in [2.45, 2.75) is 6.92 Å². The first-order chi connectivity index (χ1) is 14.0. The van der Waals surface area contributed by atoms with Gasteiger partial charge in [0.25, 0.3) is 11.8 Å². The Balaban J connectivity index is 1.70. The monoisotopic (exact) mass is 466 g/mol. The van der Waals surface area contributed by atoms with Gasteiger partial charge in [-0.05, 0) is 55.5 Å². The number of benzene rings is 2. The van der Waals surface area contributed by atoms with Gasteiger partial charge in [-0.1, -0.05) is 27.5 Å². The lowest BCUT2D eigenvalue weighted by Gasteiger charge is -2.13. The van der Waals surface area contributed by atoms with Gasteiger partial charge in [0, 0.05) is 15.7 Å². The minimum Gasteiger partial charge on any atom is -0.268 e. The molecule has 2 amide bonds. The van der Waals surface area contributed by atoms with Crippen LogP contribution in [0.4, 0.5) is 5.69 Å². The Morgan fingerprint density at radius 1 is 0.931 bits per heavy atom. The number of halogens is 2. The van der Waals surface area contributed by atoms with Gasteiger partial charge in [-0.25, -0.2) is 14.6 Å². The molecule has 2 aromatic heterocycles. The van der Waals surface area contributed by atoms with Gasteiger partial charge in [0.05, 0.1) is 33.6 Å². The van der Waals surface area contributed by atoms with E-state index in [2.05, 4.69) is 26.0 Å². The molecule has 3 heterocycles. The Morgan fingerprint density at radius 3 is 2.28 bits per heavy atom. The van der Waals surface area contributed by atoms with Gasteiger partial charge in [0.15, 0.2) is 5.65 Å². The van der Waals surface area contributed by atoms with E-state index in [-0.39, 0.29) is 17.4 Å². The minimum atomic E-state index is -0.389. The number of anilines is 1. The van der Waals surface area contributed by atoms with E-state index < -0.39 is 0 Å². The summed E-state index contributed by atoms with van der Waals surface area (Å²) >= 11 is 9.35. The van der Waals surface area contributed by atoms with Crippen molar-refractivity contribution in [2.24, 2.45) is 0 Å². The predicted molar refractivity (Wildman–Crippen MR) is 114 cm³/mol. The molecule has 6 nitrogen and oxygen atoms in total. The van der Waals surface area contributed by atoms with Crippen LogP contribution in [0, 0.1) is 6.92 Å². The number of amides is 2. The number of carbonyl (C=O) groups is 2. The van der Waals surface area contributed by atoms with Crippen molar-refractivity contribution in [1.82, 2.24) is 14.8 Å². The highest BCUT2D eigenvalue weighted by atomic mass is 79.9. The molecule has 1 aliphatic heterocycles. The van der Waals surface area contributed by atoms with Crippen LogP contribution in [-0.2, 0) is 0 Å². The molecule has 0 atom stereocenters. The van der Waals surface area contributed by atoms with E-state index >= 15 is 0 Å². The first-order valence-electron chi connectivity index (χ1n) is 8.74. The van der Waals surface area contributed by atoms with Gasteiger partial charge in [-0.15, -0.1) is 0 Å². The molecule has 0 bridgehead atoms. The van der Waals surface area contributed by atoms with Crippen LogP contribution < -0.4 is 4.90 Å². The molecule has 0 aliphatic carbocycles. The van der Waals surface area contributed by atoms with Crippen LogP contribution in [0.1, 0.15) is 26.4 Å². The standard InChI is InChI=1S/C21H12BrClN4O2/c1-11-17-18-16(20(28)26(21(18)29)14-6-2-12(22)3-7-14)10-24-19(17)27(25-11)15-8-4-13(23)5-9-15/h2-10H,1H3. The predicted octanol–water partition coefficient (Wildman–Crippen LogP) is 4.95. The van der Waals surface area contributed by atoms with E-state index in [0.717, 1.165) is 10.2 Å². The lowest BCUT2D eigenvalue weighted by atomic mass is 10.1. The van der Waals surface area contributed by atoms with Crippen LogP contribution in [0.3, 0.4) is 0 Å². The van der Waals surface area contributed by atoms with Crippen LogP contribution >= 0.6 is 27.5 Å². The number of pyridine rings is 1. The molecule has 0 saturated heterocycles. The second-order valence-corrected chi connectivity index (χ2v) is 7.99. The van der Waals surface area contributed by atoms with Crippen LogP contribution in [-0.4, -0.2) is 26.6 Å². The number of fused-ring (bicyclic) bond motifs is 3. The summed E-state index contributed by atoms with van der Waals surface area (Å²) in [4.78, 5) is 31.9. The highest BCUT2D eigenvalue weighted by molar-refractivity contribution is 9.10. The van der Waals surface area contributed by atoms with Crippen molar-refractivity contribution >= 4 is 56.1 Å². The first kappa shape index (κ1) is 18.0. The summed E-state index contributed by atoms with van der Waals surface area (Å²) in [6.45, 7) is 1.80. The molecule has 1 aliphatic rings. The molecule has 0 spiro atoms. The number of nitrogens with zero attached hydrogens (tertiary/aromatic N) is 4. The van der Waals surface area contributed by atoms with E-state index in [1.165, 1.54) is 11.1 Å². The number of aryl methyl sites for hydroxylation is 1. The van der Waals surface area contributed by atoms with Crippen LogP contribution in [0.15, 0.2) is 59.2 Å². The van der Waals surface area contributed by atoms with Crippen molar-refractivity contribution in [2.75, 3.05) is 4.90 Å². The maximum absolute atomic E-state index is 13.3. The summed E-state index contributed by atoms with van der Waals surface area (Å²) in [5, 5.41) is 5.75. The average Bonchev–Trinajstić information content (AvgIpc) is 3.18. The third-order valence-electron chi connectivity index (χ3n) is 4.88. The van der Waals surface area contributed by atoms with E-state index in [9.17, 15) is 9.59 Å². The topological polar surface area (TPSA) is 68.1 Å². The zero-order chi connectivity index (χ0) is 20.3. The van der Waals surface area contributed by atoms with Crippen molar-refractivity contribution in [1.29, 1.82) is 0 Å². The molecule has 8 heteroatoms. The van der Waals surface area contributed by atoms with Gasteiger partial charge in [0.2, 0.25) is 0 Å². The molecular weight excluding hydrogens is 456 g/mol. The highest BCUT2D eigenvalue weighted by Crippen LogP contribution is 2.35. The van der Waals surface area contributed by atoms with Gasteiger partial charge < -0.3 is 0 Å². The molecule has 29 heavy (non-hydrogen) atoms. The number of carbonyl (C=O) groups excluding carboxylic acids is 2. The fraction of sp³-hybridized carbons (Fsp3) is 0.0476. The molecular formula is C21H12BrClN4O2. The molecule has 142 valence electrons. The van der Waals surface area contributed by atoms with E-state index in [1.807, 2.05) is 12.1 Å². The molecule has 4 aromatic rings. The third-order valence-corrected chi connectivity index (χ3v) is 5.66. The average molecular weight is 468 g/mol. The quantitative estimate of drug-likeness (QED) is 0.391. The van der Waals surface area contributed by atoms with Crippen molar-refractivity contribution in [3.8, 4) is 5.69 Å². The molecule has 0 unspecified atom stereocenters. The SMILES string of the molecule is Cc1nn(-c2ccc(Cl)cc2)c2ncc3c(c12)C(=O)N(c1ccc(Br)cc1)C3=O. The number of aromatic nitrogens is 3. The van der Waals surface area contributed by atoms with Crippen molar-refractivity contribution < 1.29 is 9.59 Å². The van der Waals surface area contributed by atoms with Crippen LogP contribution in [0.25, 0.3) is 16.7 Å². The van der Waals surface area contributed by atoms with Crippen LogP contribution in [0.2, 0.25) is 5.02 Å². The normalized spacial score (nSPS) is 13.4. The Morgan fingerprint density at radius 2 is 1.59 bits per heavy atom. The van der Waals surface area contributed by atoms with Crippen LogP contribution in [0.5, 0.6) is 0 Å². The maximum Gasteiger partial charge on any atom is 0.267 e. The van der Waals surface area contributed by atoms with Gasteiger partial charge in [-0.2, -0.15) is 5.10 Å². The fourth-order valence-electron chi connectivity index (χ4n) is 3.55. The summed E-state index contributed by atoms with van der Waals surface area (Å²) < 4.78 is 2.52. The Hall–Kier alpha value is -3.03. The molecule has 0 N–H and O–H groups in total. The van der Waals surface area contributed by atoms with Crippen molar-refractivity contribution in [3.63, 3.8) is 0 Å². The van der Waals surface area contributed by atoms with Crippen molar-refractivity contribution in [3.05, 3.63) is 81.0 Å². The first-order valence-corrected chi connectivity index (χ1v) is 9.91. The number of rotatable bonds is 2. The van der Waals surface area contributed by atoms with E-state index in [1.54, 1.807) is 48.0 Å². The lowest BCUT2D eigenvalue weighted by Crippen LogP contribution is -2.29. The van der Waals surface area contributed by atoms with Gasteiger partial charge in [-0.3, -0.25) is 9.59 Å². The zero-order valence-electron chi connectivity index (χ0n) is 15.1. The number of hydrogen-bond acceptors (Lipinski definition) is 4. The molecule has 2 aromatic carbocycles. The Labute approximate surface area is 178 Å². The second-order valence-electron chi connectivity index (χ2n) is 6.64. The largest absolute Gasteiger partial charge is 0.268 e. The number of imide groups is 1. The molecule has 0 saturated carbocycles. The molecule has 0 radical (unpaired) electrons. The summed E-state index contributed by atoms with van der Waals surface area (Å²) in [5.41, 5.74) is 3.03. The second kappa shape index (κ2) is 6.50. The lowest BCUT2D eigenvalue weighted by molar-refractivity contribution is 0.0926. The minimum absolute atomic E-state index is 0.282. The zero-order valence-corrected chi connectivity index (χ0v) is 17.4.